The van der Waals surface area contributed by atoms with E-state index in [2.05, 4.69) is 20.8 Å². The minimum Gasteiger partial charge on any atom is -0.408 e. The highest BCUT2D eigenvalue weighted by molar-refractivity contribution is 5.92. The highest BCUT2D eigenvalue weighted by Crippen LogP contribution is 2.46. The summed E-state index contributed by atoms with van der Waals surface area (Å²) >= 11 is 0. The second-order valence-corrected chi connectivity index (χ2v) is 8.79. The first-order chi connectivity index (χ1) is 12.5. The Morgan fingerprint density at radius 2 is 2.19 bits per heavy atom. The van der Waals surface area contributed by atoms with Gasteiger partial charge in [-0.05, 0) is 32.6 Å². The Balaban J connectivity index is 1.33. The molecule has 2 amide bonds. The molecule has 3 unspecified atom stereocenters. The van der Waals surface area contributed by atoms with Gasteiger partial charge < -0.3 is 20.0 Å². The fourth-order valence-corrected chi connectivity index (χ4v) is 4.95. The standard InChI is InChI=1S/C18H25N5O3/c1-17(7-13(24)19-9-17)15(25)23-8-12-3-2-6-18(12,10-23)20-16-22-21-14(26-16)11-4-5-11/h11-12H,2-10H2,1H3,(H,19,24)(H,20,22). The molecule has 8 nitrogen and oxygen atoms in total. The molecule has 2 saturated heterocycles. The fraction of sp³-hybridized carbons (Fsp3) is 0.778. The monoisotopic (exact) mass is 359 g/mol. The lowest BCUT2D eigenvalue weighted by Crippen LogP contribution is -2.47. The molecule has 2 N–H and O–H groups in total. The molecule has 2 saturated carbocycles. The average Bonchev–Trinajstić information content (AvgIpc) is 2.91. The van der Waals surface area contributed by atoms with Crippen molar-refractivity contribution in [1.82, 2.24) is 20.4 Å². The zero-order valence-corrected chi connectivity index (χ0v) is 15.1. The van der Waals surface area contributed by atoms with Crippen LogP contribution >= 0.6 is 0 Å². The van der Waals surface area contributed by atoms with Crippen LogP contribution in [-0.4, -0.2) is 52.1 Å². The van der Waals surface area contributed by atoms with Gasteiger partial charge in [-0.15, -0.1) is 5.10 Å². The molecule has 3 atom stereocenters. The molecular weight excluding hydrogens is 334 g/mol. The van der Waals surface area contributed by atoms with Crippen molar-refractivity contribution < 1.29 is 14.0 Å². The van der Waals surface area contributed by atoms with Crippen LogP contribution in [0.15, 0.2) is 4.42 Å². The minimum atomic E-state index is -0.624. The lowest BCUT2D eigenvalue weighted by Gasteiger charge is -2.31. The Bertz CT molecular complexity index is 760. The van der Waals surface area contributed by atoms with Gasteiger partial charge in [0.2, 0.25) is 17.7 Å². The van der Waals surface area contributed by atoms with Crippen LogP contribution in [0.2, 0.25) is 0 Å². The normalized spacial score (nSPS) is 36.3. The molecule has 1 aromatic heterocycles. The molecule has 1 aromatic rings. The van der Waals surface area contributed by atoms with Crippen molar-refractivity contribution in [2.45, 2.75) is 56.9 Å². The zero-order valence-electron chi connectivity index (χ0n) is 15.1. The number of hydrogen-bond donors (Lipinski definition) is 2. The number of aromatic nitrogens is 2. The molecule has 2 aliphatic heterocycles. The van der Waals surface area contributed by atoms with Gasteiger partial charge in [-0.25, -0.2) is 0 Å². The first kappa shape index (κ1) is 16.1. The molecule has 5 rings (SSSR count). The van der Waals surface area contributed by atoms with E-state index in [0.29, 0.717) is 30.9 Å². The highest BCUT2D eigenvalue weighted by Gasteiger charge is 2.54. The van der Waals surface area contributed by atoms with Gasteiger partial charge >= 0.3 is 6.01 Å². The largest absolute Gasteiger partial charge is 0.408 e. The van der Waals surface area contributed by atoms with Crippen LogP contribution in [0.4, 0.5) is 6.01 Å². The number of nitrogens with one attached hydrogen (secondary N) is 2. The summed E-state index contributed by atoms with van der Waals surface area (Å²) in [5, 5.41) is 14.6. The predicted molar refractivity (Wildman–Crippen MR) is 92.3 cm³/mol. The summed E-state index contributed by atoms with van der Waals surface area (Å²) in [4.78, 5) is 26.7. The van der Waals surface area contributed by atoms with Crippen LogP contribution in [0.3, 0.4) is 0 Å². The Morgan fingerprint density at radius 1 is 1.35 bits per heavy atom. The second kappa shape index (κ2) is 5.44. The number of amides is 2. The molecule has 2 aliphatic carbocycles. The van der Waals surface area contributed by atoms with E-state index >= 15 is 0 Å². The molecule has 0 spiro atoms. The molecule has 26 heavy (non-hydrogen) atoms. The van der Waals surface area contributed by atoms with Crippen LogP contribution < -0.4 is 10.6 Å². The van der Waals surface area contributed by atoms with Gasteiger partial charge in [0.05, 0.1) is 11.0 Å². The summed E-state index contributed by atoms with van der Waals surface area (Å²) in [7, 11) is 0. The van der Waals surface area contributed by atoms with Gasteiger partial charge in [-0.2, -0.15) is 0 Å². The lowest BCUT2D eigenvalue weighted by atomic mass is 9.88. The average molecular weight is 359 g/mol. The van der Waals surface area contributed by atoms with Gasteiger partial charge in [-0.1, -0.05) is 11.5 Å². The molecule has 4 aliphatic rings. The van der Waals surface area contributed by atoms with E-state index in [1.807, 2.05) is 11.8 Å². The third kappa shape index (κ3) is 2.49. The maximum Gasteiger partial charge on any atom is 0.315 e. The van der Waals surface area contributed by atoms with Crippen LogP contribution in [0.1, 0.15) is 57.3 Å². The van der Waals surface area contributed by atoms with Crippen molar-refractivity contribution in [3.8, 4) is 0 Å². The maximum atomic E-state index is 13.1. The molecule has 8 heteroatoms. The van der Waals surface area contributed by atoms with Crippen molar-refractivity contribution in [2.24, 2.45) is 11.3 Å². The number of likely N-dealkylation sites (tertiary alicyclic amines) is 1. The highest BCUT2D eigenvalue weighted by atomic mass is 16.4. The molecule has 0 radical (unpaired) electrons. The lowest BCUT2D eigenvalue weighted by molar-refractivity contribution is -0.140. The van der Waals surface area contributed by atoms with E-state index in [9.17, 15) is 9.59 Å². The number of carbonyl (C=O) groups excluding carboxylic acids is 2. The molecule has 140 valence electrons. The molecule has 4 fully saturated rings. The van der Waals surface area contributed by atoms with E-state index in [-0.39, 0.29) is 23.8 Å². The number of rotatable bonds is 4. The number of carbonyl (C=O) groups is 2. The predicted octanol–water partition coefficient (Wildman–Crippen LogP) is 1.27. The molecular formula is C18H25N5O3. The first-order valence-corrected chi connectivity index (χ1v) is 9.65. The van der Waals surface area contributed by atoms with Crippen LogP contribution in [0, 0.1) is 11.3 Å². The van der Waals surface area contributed by atoms with Gasteiger partial charge in [0.25, 0.3) is 0 Å². The first-order valence-electron chi connectivity index (χ1n) is 9.65. The topological polar surface area (TPSA) is 100 Å². The third-order valence-corrected chi connectivity index (χ3v) is 6.62. The summed E-state index contributed by atoms with van der Waals surface area (Å²) in [6.45, 7) is 3.70. The summed E-state index contributed by atoms with van der Waals surface area (Å²) in [6, 6.07) is 0.483. The Labute approximate surface area is 152 Å². The Morgan fingerprint density at radius 3 is 2.92 bits per heavy atom. The Kier molecular flexibility index (Phi) is 3.36. The molecule has 0 bridgehead atoms. The van der Waals surface area contributed by atoms with Crippen molar-refractivity contribution in [1.29, 1.82) is 0 Å². The van der Waals surface area contributed by atoms with E-state index in [1.165, 1.54) is 0 Å². The number of nitrogens with zero attached hydrogens (tertiary/aromatic N) is 3. The molecule has 0 aromatic carbocycles. The summed E-state index contributed by atoms with van der Waals surface area (Å²) < 4.78 is 5.81. The van der Waals surface area contributed by atoms with E-state index < -0.39 is 5.41 Å². The second-order valence-electron chi connectivity index (χ2n) is 8.79. The zero-order chi connectivity index (χ0) is 17.9. The van der Waals surface area contributed by atoms with Crippen molar-refractivity contribution in [3.05, 3.63) is 5.89 Å². The minimum absolute atomic E-state index is 0.0356. The SMILES string of the molecule is CC1(C(=O)N2CC3CCCC3(Nc3nnc(C4CC4)o3)C2)CNC(=O)C1. The van der Waals surface area contributed by atoms with E-state index in [1.54, 1.807) is 0 Å². The maximum absolute atomic E-state index is 13.1. The number of anilines is 1. The van der Waals surface area contributed by atoms with Crippen LogP contribution in [-0.2, 0) is 9.59 Å². The van der Waals surface area contributed by atoms with E-state index in [4.69, 9.17) is 4.42 Å². The van der Waals surface area contributed by atoms with E-state index in [0.717, 1.165) is 44.5 Å². The van der Waals surface area contributed by atoms with Gasteiger partial charge in [0.15, 0.2) is 0 Å². The van der Waals surface area contributed by atoms with Gasteiger partial charge in [0, 0.05) is 37.9 Å². The summed E-state index contributed by atoms with van der Waals surface area (Å²) in [5.41, 5.74) is -0.810. The van der Waals surface area contributed by atoms with Crippen molar-refractivity contribution in [3.63, 3.8) is 0 Å². The summed E-state index contributed by atoms with van der Waals surface area (Å²) in [6.07, 6.45) is 5.76. The fourth-order valence-electron chi connectivity index (χ4n) is 4.95. The number of fused-ring (bicyclic) bond motifs is 1. The Hall–Kier alpha value is -2.12. The number of hydrogen-bond acceptors (Lipinski definition) is 6. The third-order valence-electron chi connectivity index (χ3n) is 6.62. The molecule has 3 heterocycles. The van der Waals surface area contributed by atoms with Gasteiger partial charge in [0.1, 0.15) is 0 Å². The van der Waals surface area contributed by atoms with Gasteiger partial charge in [-0.3, -0.25) is 9.59 Å². The van der Waals surface area contributed by atoms with Crippen molar-refractivity contribution in [2.75, 3.05) is 25.0 Å². The quantitative estimate of drug-likeness (QED) is 0.840. The van der Waals surface area contributed by atoms with Crippen molar-refractivity contribution >= 4 is 17.8 Å². The smallest absolute Gasteiger partial charge is 0.315 e. The van der Waals surface area contributed by atoms with Crippen LogP contribution in [0.5, 0.6) is 0 Å². The van der Waals surface area contributed by atoms with Crippen LogP contribution in [0.25, 0.3) is 0 Å². The summed E-state index contributed by atoms with van der Waals surface area (Å²) in [5.74, 6) is 1.59.